The number of benzene rings is 2. The molecule has 174 valence electrons. The Morgan fingerprint density at radius 1 is 1.00 bits per heavy atom. The topological polar surface area (TPSA) is 71.8 Å². The fraction of sp³-hybridized carbons (Fsp3) is 0.185. The van der Waals surface area contributed by atoms with Crippen molar-refractivity contribution in [2.75, 3.05) is 12.0 Å². The highest BCUT2D eigenvalue weighted by atomic mass is 32.1. The van der Waals surface area contributed by atoms with E-state index in [1.165, 1.54) is 16.2 Å². The monoisotopic (exact) mass is 474 g/mol. The van der Waals surface area contributed by atoms with Gasteiger partial charge in [-0.1, -0.05) is 36.4 Å². The largest absolute Gasteiger partial charge is 0.497 e. The first-order chi connectivity index (χ1) is 16.5. The van der Waals surface area contributed by atoms with Crippen LogP contribution in [0.25, 0.3) is 0 Å². The van der Waals surface area contributed by atoms with Gasteiger partial charge in [-0.2, -0.15) is 0 Å². The molecule has 0 unspecified atom stereocenters. The Labute approximate surface area is 202 Å². The van der Waals surface area contributed by atoms with Gasteiger partial charge < -0.3 is 14.5 Å². The maximum atomic E-state index is 13.6. The Morgan fingerprint density at radius 3 is 2.38 bits per heavy atom. The van der Waals surface area contributed by atoms with Crippen LogP contribution in [-0.4, -0.2) is 18.9 Å². The number of nitrogens with zero attached hydrogens (tertiary/aromatic N) is 1. The fourth-order valence-electron chi connectivity index (χ4n) is 3.68. The third kappa shape index (κ3) is 5.55. The summed E-state index contributed by atoms with van der Waals surface area (Å²) in [6, 6.07) is 23.1. The van der Waals surface area contributed by atoms with E-state index in [9.17, 15) is 9.59 Å². The first kappa shape index (κ1) is 23.3. The van der Waals surface area contributed by atoms with Crippen LogP contribution in [-0.2, 0) is 22.6 Å². The lowest BCUT2D eigenvalue weighted by atomic mass is 10.1. The molecule has 2 heterocycles. The highest BCUT2D eigenvalue weighted by Gasteiger charge is 2.35. The molecule has 0 spiro atoms. The number of hydrogen-bond acceptors (Lipinski definition) is 5. The second-order valence-electron chi connectivity index (χ2n) is 7.77. The molecular weight excluding hydrogens is 448 g/mol. The number of furan rings is 1. The number of hydrogen-bond donors (Lipinski definition) is 1. The smallest absolute Gasteiger partial charge is 0.251 e. The van der Waals surface area contributed by atoms with Crippen LogP contribution in [0.4, 0.5) is 5.69 Å². The molecule has 0 aliphatic rings. The van der Waals surface area contributed by atoms with Gasteiger partial charge in [0.1, 0.15) is 17.3 Å². The van der Waals surface area contributed by atoms with Crippen LogP contribution in [0.5, 0.6) is 5.75 Å². The van der Waals surface area contributed by atoms with E-state index >= 15 is 0 Å². The molecule has 0 aliphatic carbocycles. The molecular formula is C27H26N2O4S. The molecule has 7 heteroatoms. The van der Waals surface area contributed by atoms with Crippen molar-refractivity contribution >= 4 is 28.8 Å². The van der Waals surface area contributed by atoms with E-state index in [0.29, 0.717) is 23.8 Å². The third-order valence-electron chi connectivity index (χ3n) is 5.37. The molecule has 4 rings (SSSR count). The van der Waals surface area contributed by atoms with E-state index in [2.05, 4.69) is 5.32 Å². The number of amides is 2. The van der Waals surface area contributed by atoms with Crippen molar-refractivity contribution < 1.29 is 18.7 Å². The van der Waals surface area contributed by atoms with Crippen LogP contribution >= 0.6 is 11.3 Å². The minimum atomic E-state index is -0.957. The quantitative estimate of drug-likeness (QED) is 0.358. The van der Waals surface area contributed by atoms with Crippen LogP contribution in [0.3, 0.4) is 0 Å². The van der Waals surface area contributed by atoms with Crippen LogP contribution in [0.1, 0.15) is 28.0 Å². The molecule has 4 aromatic rings. The molecule has 34 heavy (non-hydrogen) atoms. The van der Waals surface area contributed by atoms with Crippen molar-refractivity contribution in [1.29, 1.82) is 0 Å². The number of aryl methyl sites for hydroxylation is 1. The summed E-state index contributed by atoms with van der Waals surface area (Å²) in [4.78, 5) is 29.6. The first-order valence-electron chi connectivity index (χ1n) is 10.9. The number of para-hydroxylation sites is 1. The summed E-state index contributed by atoms with van der Waals surface area (Å²) in [6.07, 6.45) is 0.189. The van der Waals surface area contributed by atoms with Gasteiger partial charge in [0.25, 0.3) is 5.91 Å². The van der Waals surface area contributed by atoms with Crippen molar-refractivity contribution in [3.05, 3.63) is 106 Å². The Balaban J connectivity index is 1.65. The van der Waals surface area contributed by atoms with Crippen molar-refractivity contribution in [3.8, 4) is 5.75 Å². The van der Waals surface area contributed by atoms with Crippen molar-refractivity contribution in [3.63, 3.8) is 0 Å². The molecule has 6 nitrogen and oxygen atoms in total. The molecule has 0 fully saturated rings. The molecule has 0 radical (unpaired) electrons. The van der Waals surface area contributed by atoms with E-state index < -0.39 is 6.04 Å². The zero-order valence-electron chi connectivity index (χ0n) is 19.1. The second-order valence-corrected chi connectivity index (χ2v) is 8.80. The standard InChI is InChI=1S/C27H26N2O4S/c1-19-10-15-24(33-19)26(27(31)28-18-20-11-13-22(32-2)14-12-20)29(21-7-4-3-5-8-21)25(30)17-23-9-6-16-34-23/h3-16,26H,17-18H2,1-2H3,(H,28,31)/t26-/m0/s1. The molecule has 1 atom stereocenters. The molecule has 0 aliphatic heterocycles. The average Bonchev–Trinajstić information content (AvgIpc) is 3.53. The molecule has 2 aromatic heterocycles. The molecule has 2 amide bonds. The van der Waals surface area contributed by atoms with Crippen LogP contribution < -0.4 is 15.0 Å². The third-order valence-corrected chi connectivity index (χ3v) is 6.25. The Bertz CT molecular complexity index is 1220. The SMILES string of the molecule is COc1ccc(CNC(=O)[C@H](c2ccc(C)o2)N(C(=O)Cc2cccs2)c2ccccc2)cc1. The summed E-state index contributed by atoms with van der Waals surface area (Å²) in [5, 5.41) is 4.91. The van der Waals surface area contributed by atoms with E-state index in [1.54, 1.807) is 19.2 Å². The van der Waals surface area contributed by atoms with Crippen LogP contribution in [0.15, 0.2) is 88.7 Å². The van der Waals surface area contributed by atoms with Gasteiger partial charge in [0.15, 0.2) is 6.04 Å². The van der Waals surface area contributed by atoms with Crippen LogP contribution in [0.2, 0.25) is 0 Å². The van der Waals surface area contributed by atoms with Gasteiger partial charge in [-0.15, -0.1) is 11.3 Å². The van der Waals surface area contributed by atoms with Gasteiger partial charge in [-0.05, 0) is 60.3 Å². The number of nitrogens with one attached hydrogen (secondary N) is 1. The normalized spacial score (nSPS) is 11.6. The number of ether oxygens (including phenoxy) is 1. The van der Waals surface area contributed by atoms with Gasteiger partial charge in [0.2, 0.25) is 5.91 Å². The van der Waals surface area contributed by atoms with Crippen molar-refractivity contribution in [2.24, 2.45) is 0 Å². The van der Waals surface area contributed by atoms with Crippen molar-refractivity contribution in [2.45, 2.75) is 25.9 Å². The summed E-state index contributed by atoms with van der Waals surface area (Å²) < 4.78 is 11.1. The lowest BCUT2D eigenvalue weighted by Gasteiger charge is -2.30. The van der Waals surface area contributed by atoms with Gasteiger partial charge in [-0.3, -0.25) is 14.5 Å². The van der Waals surface area contributed by atoms with E-state index in [-0.39, 0.29) is 18.2 Å². The average molecular weight is 475 g/mol. The maximum Gasteiger partial charge on any atom is 0.251 e. The van der Waals surface area contributed by atoms with Gasteiger partial charge >= 0.3 is 0 Å². The Hall–Kier alpha value is -3.84. The summed E-state index contributed by atoms with van der Waals surface area (Å²) in [5.74, 6) is 1.31. The Morgan fingerprint density at radius 2 is 1.76 bits per heavy atom. The van der Waals surface area contributed by atoms with E-state index in [4.69, 9.17) is 9.15 Å². The highest BCUT2D eigenvalue weighted by molar-refractivity contribution is 7.10. The maximum absolute atomic E-state index is 13.6. The summed E-state index contributed by atoms with van der Waals surface area (Å²) in [6.45, 7) is 2.12. The summed E-state index contributed by atoms with van der Waals surface area (Å²) in [7, 11) is 1.61. The number of thiophene rings is 1. The summed E-state index contributed by atoms with van der Waals surface area (Å²) in [5.41, 5.74) is 1.54. The van der Waals surface area contributed by atoms with Gasteiger partial charge in [-0.25, -0.2) is 0 Å². The number of carbonyl (C=O) groups excluding carboxylic acids is 2. The molecule has 0 bridgehead atoms. The summed E-state index contributed by atoms with van der Waals surface area (Å²) >= 11 is 1.51. The molecule has 1 N–H and O–H groups in total. The lowest BCUT2D eigenvalue weighted by Crippen LogP contribution is -2.44. The number of carbonyl (C=O) groups is 2. The first-order valence-corrected chi connectivity index (χ1v) is 11.8. The molecule has 0 saturated carbocycles. The minimum Gasteiger partial charge on any atom is -0.497 e. The number of anilines is 1. The van der Waals surface area contributed by atoms with Crippen LogP contribution in [0, 0.1) is 6.92 Å². The van der Waals surface area contributed by atoms with Gasteiger partial charge in [0, 0.05) is 17.1 Å². The Kier molecular flexibility index (Phi) is 7.44. The lowest BCUT2D eigenvalue weighted by molar-refractivity contribution is -0.127. The van der Waals surface area contributed by atoms with Gasteiger partial charge in [0.05, 0.1) is 13.5 Å². The number of methoxy groups -OCH3 is 1. The second kappa shape index (κ2) is 10.9. The van der Waals surface area contributed by atoms with E-state index in [0.717, 1.165) is 16.2 Å². The predicted molar refractivity (Wildman–Crippen MR) is 133 cm³/mol. The zero-order chi connectivity index (χ0) is 23.9. The van der Waals surface area contributed by atoms with Crippen molar-refractivity contribution in [1.82, 2.24) is 5.32 Å². The predicted octanol–water partition coefficient (Wildman–Crippen LogP) is 5.29. The molecule has 0 saturated heterocycles. The highest BCUT2D eigenvalue weighted by Crippen LogP contribution is 2.30. The fourth-order valence-corrected chi connectivity index (χ4v) is 4.37. The molecule has 2 aromatic carbocycles. The van der Waals surface area contributed by atoms with E-state index in [1.807, 2.05) is 79.0 Å². The number of rotatable bonds is 9. The zero-order valence-corrected chi connectivity index (χ0v) is 19.9. The minimum absolute atomic E-state index is 0.188.